The van der Waals surface area contributed by atoms with Crippen LogP contribution in [0.2, 0.25) is 0 Å². The van der Waals surface area contributed by atoms with Crippen molar-refractivity contribution < 1.29 is 19.1 Å². The van der Waals surface area contributed by atoms with Crippen LogP contribution in [0.3, 0.4) is 0 Å². The molecule has 3 unspecified atom stereocenters. The lowest BCUT2D eigenvalue weighted by Gasteiger charge is -2.56. The summed E-state index contributed by atoms with van der Waals surface area (Å²) in [7, 11) is 0. The second kappa shape index (κ2) is 5.67. The highest BCUT2D eigenvalue weighted by Gasteiger charge is 2.66. The number of ether oxygens (including phenoxy) is 1. The molecule has 28 heavy (non-hydrogen) atoms. The molecule has 0 N–H and O–H groups in total. The molecule has 5 aliphatic rings. The Hall–Kier alpha value is -1.71. The van der Waals surface area contributed by atoms with Gasteiger partial charge in [-0.05, 0) is 63.4 Å². The van der Waals surface area contributed by atoms with Crippen LogP contribution in [0.15, 0.2) is 23.3 Å². The maximum Gasteiger partial charge on any atom is 0.306 e. The van der Waals surface area contributed by atoms with Crippen molar-refractivity contribution in [2.24, 2.45) is 28.6 Å². The molecule has 1 saturated heterocycles. The van der Waals surface area contributed by atoms with Gasteiger partial charge in [-0.3, -0.25) is 14.4 Å². The first-order valence-corrected chi connectivity index (χ1v) is 10.9. The van der Waals surface area contributed by atoms with E-state index >= 15 is 0 Å². The molecular weight excluding hydrogens is 352 g/mol. The molecule has 4 aliphatic carbocycles. The van der Waals surface area contributed by atoms with Gasteiger partial charge in [-0.15, -0.1) is 0 Å². The molecule has 0 aromatic carbocycles. The van der Waals surface area contributed by atoms with E-state index in [1.165, 1.54) is 5.57 Å². The summed E-state index contributed by atoms with van der Waals surface area (Å²) in [5, 5.41) is 0. The van der Waals surface area contributed by atoms with Crippen molar-refractivity contribution >= 4 is 17.5 Å². The van der Waals surface area contributed by atoms with Gasteiger partial charge in [0.1, 0.15) is 11.4 Å². The Balaban J connectivity index is 1.63. The van der Waals surface area contributed by atoms with Crippen molar-refractivity contribution in [1.82, 2.24) is 0 Å². The molecule has 4 nitrogen and oxygen atoms in total. The van der Waals surface area contributed by atoms with Crippen molar-refractivity contribution in [3.05, 3.63) is 23.3 Å². The van der Waals surface area contributed by atoms with Crippen LogP contribution in [0.5, 0.6) is 0 Å². The number of Topliss-reactive ketones (excluding diaryl/α,β-unsaturated/α-hetero) is 1. The van der Waals surface area contributed by atoms with Crippen molar-refractivity contribution in [2.75, 3.05) is 0 Å². The number of rotatable bonds is 1. The summed E-state index contributed by atoms with van der Waals surface area (Å²) in [4.78, 5) is 36.9. The first kappa shape index (κ1) is 18.3. The maximum atomic E-state index is 12.7. The molecule has 0 bridgehead atoms. The van der Waals surface area contributed by atoms with E-state index in [1.807, 2.05) is 6.08 Å². The van der Waals surface area contributed by atoms with Gasteiger partial charge in [0.2, 0.25) is 0 Å². The van der Waals surface area contributed by atoms with E-state index in [9.17, 15) is 14.4 Å². The summed E-state index contributed by atoms with van der Waals surface area (Å²) < 4.78 is 5.99. The van der Waals surface area contributed by atoms with Gasteiger partial charge < -0.3 is 4.74 Å². The summed E-state index contributed by atoms with van der Waals surface area (Å²) in [6.45, 7) is 6.29. The molecule has 1 heterocycles. The average molecular weight is 383 g/mol. The Morgan fingerprint density at radius 1 is 1.14 bits per heavy atom. The molecular formula is C24H30O4. The Kier molecular flexibility index (Phi) is 3.71. The van der Waals surface area contributed by atoms with Gasteiger partial charge in [-0.25, -0.2) is 0 Å². The molecule has 0 radical (unpaired) electrons. The number of carbonyl (C=O) groups is 3. The minimum absolute atomic E-state index is 0.0617. The molecule has 6 atom stereocenters. The molecule has 1 spiro atoms. The van der Waals surface area contributed by atoms with Crippen LogP contribution >= 0.6 is 0 Å². The number of carbonyl (C=O) groups excluding carboxylic acids is 3. The average Bonchev–Trinajstić information content (AvgIpc) is 3.16. The zero-order valence-corrected chi connectivity index (χ0v) is 17.2. The van der Waals surface area contributed by atoms with Gasteiger partial charge in [0.05, 0.1) is 0 Å². The van der Waals surface area contributed by atoms with Crippen molar-refractivity contribution in [3.63, 3.8) is 0 Å². The highest BCUT2D eigenvalue weighted by Crippen LogP contribution is 2.69. The molecule has 1 aliphatic heterocycles. The molecule has 2 saturated carbocycles. The smallest absolute Gasteiger partial charge is 0.306 e. The number of hydrogen-bond acceptors (Lipinski definition) is 4. The van der Waals surface area contributed by atoms with Crippen LogP contribution in [0.4, 0.5) is 0 Å². The van der Waals surface area contributed by atoms with Crippen LogP contribution in [0.25, 0.3) is 0 Å². The minimum atomic E-state index is -0.350. The van der Waals surface area contributed by atoms with Crippen LogP contribution < -0.4 is 0 Å². The molecule has 3 fully saturated rings. The normalized spacial score (nSPS) is 47.0. The standard InChI is InChI=1S/C24H30O4/c1-14(25)17-13-15-12-16(26)4-8-22(15,2)18-5-9-23(3)19(21(17)18)6-10-24(23)11-7-20(27)28-24/h5,12,17,19,21H,4,6-11,13H2,1-3H3/t17-,19?,21?,22-,23?,24+/m0/s1. The number of hydrogen-bond donors (Lipinski definition) is 0. The summed E-state index contributed by atoms with van der Waals surface area (Å²) in [6, 6.07) is 0. The van der Waals surface area contributed by atoms with Gasteiger partial charge in [-0.2, -0.15) is 0 Å². The lowest BCUT2D eigenvalue weighted by atomic mass is 9.47. The van der Waals surface area contributed by atoms with E-state index in [-0.39, 0.29) is 45.8 Å². The zero-order valence-electron chi connectivity index (χ0n) is 17.2. The quantitative estimate of drug-likeness (QED) is 0.500. The van der Waals surface area contributed by atoms with Crippen LogP contribution in [-0.4, -0.2) is 23.1 Å². The largest absolute Gasteiger partial charge is 0.458 e. The summed E-state index contributed by atoms with van der Waals surface area (Å²) >= 11 is 0. The lowest BCUT2D eigenvalue weighted by molar-refractivity contribution is -0.161. The fraction of sp³-hybridized carbons (Fsp3) is 0.708. The fourth-order valence-corrected chi connectivity index (χ4v) is 7.55. The van der Waals surface area contributed by atoms with Gasteiger partial charge >= 0.3 is 5.97 Å². The molecule has 0 aromatic rings. The third-order valence-corrected chi connectivity index (χ3v) is 9.25. The van der Waals surface area contributed by atoms with E-state index in [2.05, 4.69) is 19.9 Å². The predicted molar refractivity (Wildman–Crippen MR) is 104 cm³/mol. The second-order valence-corrected chi connectivity index (χ2v) is 10.3. The molecule has 4 heteroatoms. The van der Waals surface area contributed by atoms with Crippen molar-refractivity contribution in [1.29, 1.82) is 0 Å². The van der Waals surface area contributed by atoms with E-state index in [0.717, 1.165) is 37.7 Å². The topological polar surface area (TPSA) is 60.4 Å². The van der Waals surface area contributed by atoms with E-state index < -0.39 is 0 Å². The van der Waals surface area contributed by atoms with Crippen LogP contribution in [-0.2, 0) is 19.1 Å². The monoisotopic (exact) mass is 382 g/mol. The van der Waals surface area contributed by atoms with Crippen molar-refractivity contribution in [2.45, 2.75) is 77.7 Å². The van der Waals surface area contributed by atoms with Crippen LogP contribution in [0, 0.1) is 28.6 Å². The molecule has 5 rings (SSSR count). The van der Waals surface area contributed by atoms with E-state index in [1.54, 1.807) is 6.92 Å². The Morgan fingerprint density at radius 2 is 1.93 bits per heavy atom. The molecule has 0 amide bonds. The summed E-state index contributed by atoms with van der Waals surface area (Å²) in [5.41, 5.74) is 2.02. The highest BCUT2D eigenvalue weighted by atomic mass is 16.6. The second-order valence-electron chi connectivity index (χ2n) is 10.3. The number of fused-ring (bicyclic) bond motifs is 6. The van der Waals surface area contributed by atoms with E-state index in [4.69, 9.17) is 4.74 Å². The van der Waals surface area contributed by atoms with Crippen LogP contribution in [0.1, 0.15) is 72.1 Å². The van der Waals surface area contributed by atoms with Gasteiger partial charge in [-0.1, -0.05) is 31.1 Å². The van der Waals surface area contributed by atoms with E-state index in [0.29, 0.717) is 25.2 Å². The summed E-state index contributed by atoms with van der Waals surface area (Å²) in [6.07, 6.45) is 10.5. The highest BCUT2D eigenvalue weighted by molar-refractivity contribution is 5.92. The van der Waals surface area contributed by atoms with Gasteiger partial charge in [0.25, 0.3) is 0 Å². The first-order chi connectivity index (χ1) is 13.2. The SMILES string of the molecule is CC(=O)[C@@H]1CC2=CC(=O)CC[C@]2(C)C2=CCC3(C)C(CC[C@@]34CCC(=O)O4)C21. The van der Waals surface area contributed by atoms with Gasteiger partial charge in [0.15, 0.2) is 5.78 Å². The van der Waals surface area contributed by atoms with Gasteiger partial charge in [0, 0.05) is 29.6 Å². The van der Waals surface area contributed by atoms with Crippen molar-refractivity contribution in [3.8, 4) is 0 Å². The zero-order chi connectivity index (χ0) is 19.9. The third-order valence-electron chi connectivity index (χ3n) is 9.25. The minimum Gasteiger partial charge on any atom is -0.458 e. The number of esters is 1. The third kappa shape index (κ3) is 2.15. The maximum absolute atomic E-state index is 12.7. The Labute approximate surface area is 166 Å². The fourth-order valence-electron chi connectivity index (χ4n) is 7.55. The lowest BCUT2D eigenvalue weighted by Crippen LogP contribution is -2.53. The first-order valence-electron chi connectivity index (χ1n) is 10.9. The Bertz CT molecular complexity index is 851. The predicted octanol–water partition coefficient (Wildman–Crippen LogP) is 4.33. The summed E-state index contributed by atoms with van der Waals surface area (Å²) in [5.74, 6) is 0.881. The number of ketones is 2. The number of allylic oxidation sites excluding steroid dienone is 4. The Morgan fingerprint density at radius 3 is 2.61 bits per heavy atom. The molecule has 0 aromatic heterocycles. The molecule has 150 valence electrons.